The third kappa shape index (κ3) is 2.87. The fourth-order valence-corrected chi connectivity index (χ4v) is 2.48. The van der Waals surface area contributed by atoms with Crippen LogP contribution in [0.3, 0.4) is 0 Å². The van der Waals surface area contributed by atoms with Crippen molar-refractivity contribution in [3.8, 4) is 22.3 Å². The number of aryl methyl sites for hydroxylation is 1. The molecule has 0 aliphatic heterocycles. The summed E-state index contributed by atoms with van der Waals surface area (Å²) in [4.78, 5) is 0. The Balaban J connectivity index is 1.97. The van der Waals surface area contributed by atoms with Crippen molar-refractivity contribution in [1.82, 2.24) is 0 Å². The van der Waals surface area contributed by atoms with Crippen molar-refractivity contribution in [2.24, 2.45) is 0 Å². The Morgan fingerprint density at radius 3 is 2.00 bits per heavy atom. The monoisotopic (exact) mass is 276 g/mol. The number of hydrogen-bond donors (Lipinski definition) is 0. The average molecular weight is 276 g/mol. The molecule has 0 atom stereocenters. The molecule has 0 aliphatic carbocycles. The van der Waals surface area contributed by atoms with Gasteiger partial charge in [0.05, 0.1) is 0 Å². The van der Waals surface area contributed by atoms with Crippen LogP contribution in [0.25, 0.3) is 22.3 Å². The van der Waals surface area contributed by atoms with E-state index in [2.05, 4.69) is 19.1 Å². The van der Waals surface area contributed by atoms with Crippen molar-refractivity contribution in [1.29, 1.82) is 0 Å². The van der Waals surface area contributed by atoms with Crippen LogP contribution in [-0.4, -0.2) is 0 Å². The fourth-order valence-electron chi connectivity index (χ4n) is 2.48. The van der Waals surface area contributed by atoms with Gasteiger partial charge in [-0.2, -0.15) is 0 Å². The molecule has 3 aromatic carbocycles. The minimum Gasteiger partial charge on any atom is -0.206 e. The second kappa shape index (κ2) is 5.92. The Bertz CT molecular complexity index is 728. The first-order chi connectivity index (χ1) is 10.3. The Morgan fingerprint density at radius 2 is 1.38 bits per heavy atom. The number of benzene rings is 3. The molecule has 0 N–H and O–H groups in total. The normalized spacial score (nSPS) is 10.6. The van der Waals surface area contributed by atoms with Crippen LogP contribution in [-0.2, 0) is 6.42 Å². The fraction of sp³-hybridized carbons (Fsp3) is 0.100. The van der Waals surface area contributed by atoms with Gasteiger partial charge < -0.3 is 0 Å². The molecule has 21 heavy (non-hydrogen) atoms. The van der Waals surface area contributed by atoms with Gasteiger partial charge >= 0.3 is 0 Å². The first-order valence-electron chi connectivity index (χ1n) is 7.22. The molecular weight excluding hydrogens is 259 g/mol. The Morgan fingerprint density at radius 1 is 0.714 bits per heavy atom. The molecule has 0 heterocycles. The highest BCUT2D eigenvalue weighted by molar-refractivity contribution is 5.71. The van der Waals surface area contributed by atoms with Gasteiger partial charge in [0.25, 0.3) is 0 Å². The standard InChI is InChI=1S/C20H17F/c1-2-15-8-10-17(11-9-15)19-13-12-18(14-20(19)21)16-6-4-3-5-7-16/h3-14H,2H2,1H3. The van der Waals surface area contributed by atoms with Crippen LogP contribution in [0.1, 0.15) is 12.5 Å². The lowest BCUT2D eigenvalue weighted by atomic mass is 9.98. The number of halogens is 1. The predicted molar refractivity (Wildman–Crippen MR) is 86.7 cm³/mol. The maximum Gasteiger partial charge on any atom is 0.131 e. The molecule has 104 valence electrons. The summed E-state index contributed by atoms with van der Waals surface area (Å²) in [5.74, 6) is -0.180. The summed E-state index contributed by atoms with van der Waals surface area (Å²) in [6.45, 7) is 2.12. The maximum absolute atomic E-state index is 14.4. The highest BCUT2D eigenvalue weighted by Crippen LogP contribution is 2.28. The second-order valence-corrected chi connectivity index (χ2v) is 5.11. The van der Waals surface area contributed by atoms with E-state index in [1.165, 1.54) is 5.56 Å². The van der Waals surface area contributed by atoms with Crippen LogP contribution in [0.2, 0.25) is 0 Å². The molecule has 0 bridgehead atoms. The Hall–Kier alpha value is -2.41. The third-order valence-electron chi connectivity index (χ3n) is 3.75. The summed E-state index contributed by atoms with van der Waals surface area (Å²) < 4.78 is 14.4. The van der Waals surface area contributed by atoms with E-state index in [1.54, 1.807) is 6.07 Å². The molecule has 0 radical (unpaired) electrons. The van der Waals surface area contributed by atoms with Crippen molar-refractivity contribution >= 4 is 0 Å². The maximum atomic E-state index is 14.4. The molecule has 0 aromatic heterocycles. The predicted octanol–water partition coefficient (Wildman–Crippen LogP) is 5.72. The molecular formula is C20H17F. The molecule has 0 aliphatic rings. The summed E-state index contributed by atoms with van der Waals surface area (Å²) in [7, 11) is 0. The lowest BCUT2D eigenvalue weighted by Gasteiger charge is -2.07. The van der Waals surface area contributed by atoms with E-state index in [4.69, 9.17) is 0 Å². The molecule has 3 rings (SSSR count). The zero-order chi connectivity index (χ0) is 14.7. The minimum absolute atomic E-state index is 0.180. The van der Waals surface area contributed by atoms with Gasteiger partial charge in [-0.05, 0) is 34.7 Å². The van der Waals surface area contributed by atoms with Crippen molar-refractivity contribution < 1.29 is 4.39 Å². The molecule has 0 nitrogen and oxygen atoms in total. The van der Waals surface area contributed by atoms with Gasteiger partial charge in [0.15, 0.2) is 0 Å². The average Bonchev–Trinajstić information content (AvgIpc) is 2.56. The lowest BCUT2D eigenvalue weighted by molar-refractivity contribution is 0.632. The van der Waals surface area contributed by atoms with Crippen molar-refractivity contribution in [3.05, 3.63) is 84.2 Å². The molecule has 1 heteroatoms. The van der Waals surface area contributed by atoms with Crippen LogP contribution in [0, 0.1) is 5.82 Å². The first-order valence-corrected chi connectivity index (χ1v) is 7.22. The summed E-state index contributed by atoms with van der Waals surface area (Å²) >= 11 is 0. The van der Waals surface area contributed by atoms with Gasteiger partial charge in [-0.1, -0.05) is 73.7 Å². The molecule has 0 saturated carbocycles. The van der Waals surface area contributed by atoms with Gasteiger partial charge in [-0.3, -0.25) is 0 Å². The minimum atomic E-state index is -0.180. The highest BCUT2D eigenvalue weighted by atomic mass is 19.1. The van der Waals surface area contributed by atoms with Crippen molar-refractivity contribution in [2.75, 3.05) is 0 Å². The molecule has 0 unspecified atom stereocenters. The number of rotatable bonds is 3. The summed E-state index contributed by atoms with van der Waals surface area (Å²) in [6.07, 6.45) is 0.996. The summed E-state index contributed by atoms with van der Waals surface area (Å²) in [5.41, 5.74) is 4.77. The molecule has 0 amide bonds. The zero-order valence-corrected chi connectivity index (χ0v) is 12.0. The quantitative estimate of drug-likeness (QED) is 0.573. The number of hydrogen-bond acceptors (Lipinski definition) is 0. The van der Waals surface area contributed by atoms with Crippen LogP contribution >= 0.6 is 0 Å². The topological polar surface area (TPSA) is 0 Å². The second-order valence-electron chi connectivity index (χ2n) is 5.11. The van der Waals surface area contributed by atoms with E-state index in [1.807, 2.05) is 54.6 Å². The Labute approximate surface area is 124 Å². The van der Waals surface area contributed by atoms with Crippen molar-refractivity contribution in [3.63, 3.8) is 0 Å². The van der Waals surface area contributed by atoms with Crippen LogP contribution in [0.15, 0.2) is 72.8 Å². The van der Waals surface area contributed by atoms with Gasteiger partial charge in [0.1, 0.15) is 5.82 Å². The van der Waals surface area contributed by atoms with E-state index < -0.39 is 0 Å². The zero-order valence-electron chi connectivity index (χ0n) is 12.0. The third-order valence-corrected chi connectivity index (χ3v) is 3.75. The molecule has 0 spiro atoms. The SMILES string of the molecule is CCc1ccc(-c2ccc(-c3ccccc3)cc2F)cc1. The lowest BCUT2D eigenvalue weighted by Crippen LogP contribution is -1.87. The first kappa shape index (κ1) is 13.6. The van der Waals surface area contributed by atoms with Gasteiger partial charge in [0.2, 0.25) is 0 Å². The van der Waals surface area contributed by atoms with Crippen molar-refractivity contribution in [2.45, 2.75) is 13.3 Å². The molecule has 0 fully saturated rings. The Kier molecular flexibility index (Phi) is 3.83. The van der Waals surface area contributed by atoms with E-state index in [-0.39, 0.29) is 5.82 Å². The largest absolute Gasteiger partial charge is 0.206 e. The van der Waals surface area contributed by atoms with Gasteiger partial charge in [0, 0.05) is 5.56 Å². The van der Waals surface area contributed by atoms with E-state index in [9.17, 15) is 4.39 Å². The van der Waals surface area contributed by atoms with E-state index in [0.717, 1.165) is 23.1 Å². The van der Waals surface area contributed by atoms with Crippen LogP contribution in [0.5, 0.6) is 0 Å². The highest BCUT2D eigenvalue weighted by Gasteiger charge is 2.07. The van der Waals surface area contributed by atoms with E-state index >= 15 is 0 Å². The van der Waals surface area contributed by atoms with Crippen LogP contribution < -0.4 is 0 Å². The summed E-state index contributed by atoms with van der Waals surface area (Å²) in [6, 6.07) is 23.4. The van der Waals surface area contributed by atoms with Gasteiger partial charge in [-0.25, -0.2) is 4.39 Å². The molecule has 0 saturated heterocycles. The smallest absolute Gasteiger partial charge is 0.131 e. The van der Waals surface area contributed by atoms with Crippen LogP contribution in [0.4, 0.5) is 4.39 Å². The van der Waals surface area contributed by atoms with Gasteiger partial charge in [-0.15, -0.1) is 0 Å². The summed E-state index contributed by atoms with van der Waals surface area (Å²) in [5, 5.41) is 0. The molecule has 3 aromatic rings. The van der Waals surface area contributed by atoms with E-state index in [0.29, 0.717) is 5.56 Å².